The van der Waals surface area contributed by atoms with Gasteiger partial charge < -0.3 is 0 Å². The van der Waals surface area contributed by atoms with Crippen LogP contribution in [-0.2, 0) is 10.9 Å². The second-order valence-corrected chi connectivity index (χ2v) is 11.8. The number of benzene rings is 4. The van der Waals surface area contributed by atoms with Crippen LogP contribution in [0.25, 0.3) is 20.2 Å². The van der Waals surface area contributed by atoms with Gasteiger partial charge in [-0.05, 0) is 91.7 Å². The Bertz CT molecular complexity index is 1620. The molecule has 0 saturated heterocycles. The number of carbonyl (C=O) groups is 1. The van der Waals surface area contributed by atoms with Crippen molar-refractivity contribution < 1.29 is 13.6 Å². The molecule has 0 fully saturated rings. The van der Waals surface area contributed by atoms with E-state index < -0.39 is 10.9 Å². The Balaban J connectivity index is 1.49. The molecule has 1 aliphatic carbocycles. The predicted molar refractivity (Wildman–Crippen MR) is 145 cm³/mol. The van der Waals surface area contributed by atoms with Gasteiger partial charge in [0, 0.05) is 37.4 Å². The minimum Gasteiger partial charge on any atom is -0.289 e. The van der Waals surface area contributed by atoms with Crippen molar-refractivity contribution in [3.63, 3.8) is 0 Å². The van der Waals surface area contributed by atoms with Crippen LogP contribution < -0.4 is 0 Å². The zero-order valence-corrected chi connectivity index (χ0v) is 20.8. The highest BCUT2D eigenvalue weighted by Gasteiger charge is 2.29. The normalized spacial score (nSPS) is 13.5. The first-order valence-corrected chi connectivity index (χ1v) is 13.7. The molecule has 0 radical (unpaired) electrons. The Morgan fingerprint density at radius 3 is 1.89 bits per heavy atom. The first kappa shape index (κ1) is 22.9. The molecule has 0 N–H and O–H groups in total. The van der Waals surface area contributed by atoms with Gasteiger partial charge in [0.15, 0.2) is 20.5 Å². The van der Waals surface area contributed by atoms with Gasteiger partial charge in [-0.15, -0.1) is 11.3 Å². The highest BCUT2D eigenvalue weighted by Crippen LogP contribution is 2.39. The van der Waals surface area contributed by atoms with Gasteiger partial charge in [0.2, 0.25) is 0 Å². The standard InChI is InChI=1S/C31H21F2OS2/c32-22-7-11-24(12-8-22)36(25-13-9-23(33)10-14-25)26-15-17-30-28(19-26)27-18-21(6-16-29(27)35-30)31(34)20-4-2-1-3-5-20/h2,4-19H,1,3H2/q+1. The number of fused-ring (bicyclic) bond motifs is 3. The largest absolute Gasteiger partial charge is 0.289 e. The molecule has 0 bridgehead atoms. The average molecular weight is 512 g/mol. The van der Waals surface area contributed by atoms with E-state index in [-0.39, 0.29) is 17.4 Å². The summed E-state index contributed by atoms with van der Waals surface area (Å²) in [4.78, 5) is 16.1. The lowest BCUT2D eigenvalue weighted by molar-refractivity contribution is 0.103. The van der Waals surface area contributed by atoms with Crippen molar-refractivity contribution in [3.05, 3.63) is 126 Å². The van der Waals surface area contributed by atoms with Crippen molar-refractivity contribution in [1.29, 1.82) is 0 Å². The summed E-state index contributed by atoms with van der Waals surface area (Å²) in [5, 5.41) is 2.13. The van der Waals surface area contributed by atoms with E-state index in [0.717, 1.165) is 53.3 Å². The van der Waals surface area contributed by atoms with E-state index in [1.54, 1.807) is 35.6 Å². The number of thiophene rings is 1. The number of rotatable bonds is 5. The van der Waals surface area contributed by atoms with Crippen molar-refractivity contribution in [3.8, 4) is 0 Å². The molecule has 6 rings (SSSR count). The number of carbonyl (C=O) groups excluding carboxylic acids is 1. The molecule has 1 heterocycles. The van der Waals surface area contributed by atoms with Crippen molar-refractivity contribution in [2.45, 2.75) is 27.5 Å². The zero-order chi connectivity index (χ0) is 24.6. The summed E-state index contributed by atoms with van der Waals surface area (Å²) in [7, 11) is -0.546. The first-order valence-electron chi connectivity index (χ1n) is 11.7. The van der Waals surface area contributed by atoms with Crippen LogP contribution >= 0.6 is 11.3 Å². The van der Waals surface area contributed by atoms with Crippen LogP contribution in [0.1, 0.15) is 23.2 Å². The van der Waals surface area contributed by atoms with E-state index in [9.17, 15) is 13.6 Å². The third-order valence-electron chi connectivity index (χ3n) is 6.29. The summed E-state index contributed by atoms with van der Waals surface area (Å²) in [5.74, 6) is -0.539. The minimum atomic E-state index is -0.546. The third-order valence-corrected chi connectivity index (χ3v) is 9.66. The average Bonchev–Trinajstić information content (AvgIpc) is 3.28. The SMILES string of the molecule is O=C(C1=CCCC=C1)c1ccc2sc3ccc([S+](c4ccc(F)cc4)c4ccc(F)cc4)cc3c2c1. The van der Waals surface area contributed by atoms with E-state index in [1.165, 1.54) is 24.3 Å². The fourth-order valence-electron chi connectivity index (χ4n) is 4.52. The van der Waals surface area contributed by atoms with Crippen molar-refractivity contribution in [2.75, 3.05) is 0 Å². The summed E-state index contributed by atoms with van der Waals surface area (Å²) in [6.45, 7) is 0. The molecule has 4 aromatic carbocycles. The van der Waals surface area contributed by atoms with Crippen LogP contribution in [0.2, 0.25) is 0 Å². The molecular formula is C31H21F2OS2+. The van der Waals surface area contributed by atoms with Crippen LogP contribution in [0.3, 0.4) is 0 Å². The van der Waals surface area contributed by atoms with E-state index in [1.807, 2.05) is 36.4 Å². The number of Topliss-reactive ketones (excluding diaryl/α,β-unsaturated/α-hetero) is 1. The van der Waals surface area contributed by atoms with Gasteiger partial charge in [-0.2, -0.15) is 0 Å². The molecule has 1 nitrogen and oxygen atoms in total. The van der Waals surface area contributed by atoms with Crippen molar-refractivity contribution in [1.82, 2.24) is 0 Å². The molecule has 5 heteroatoms. The molecule has 0 aliphatic heterocycles. The Hall–Kier alpha value is -3.54. The molecule has 0 saturated carbocycles. The molecule has 176 valence electrons. The van der Waals surface area contributed by atoms with E-state index >= 15 is 0 Å². The second kappa shape index (κ2) is 9.49. The Labute approximate surface area is 214 Å². The van der Waals surface area contributed by atoms with Crippen LogP contribution in [0.4, 0.5) is 8.78 Å². The third kappa shape index (κ3) is 4.29. The Kier molecular flexibility index (Phi) is 6.04. The van der Waals surface area contributed by atoms with Crippen LogP contribution in [0.15, 0.2) is 123 Å². The highest BCUT2D eigenvalue weighted by molar-refractivity contribution is 7.97. The molecule has 1 aliphatic rings. The lowest BCUT2D eigenvalue weighted by Crippen LogP contribution is -2.05. The quantitative estimate of drug-likeness (QED) is 0.170. The molecule has 36 heavy (non-hydrogen) atoms. The van der Waals surface area contributed by atoms with E-state index in [0.29, 0.717) is 5.56 Å². The van der Waals surface area contributed by atoms with E-state index in [2.05, 4.69) is 18.2 Å². The zero-order valence-electron chi connectivity index (χ0n) is 19.2. The van der Waals surface area contributed by atoms with Crippen LogP contribution in [0, 0.1) is 11.6 Å². The molecule has 0 amide bonds. The topological polar surface area (TPSA) is 17.1 Å². The van der Waals surface area contributed by atoms with Gasteiger partial charge in [-0.3, -0.25) is 4.79 Å². The number of hydrogen-bond acceptors (Lipinski definition) is 2. The lowest BCUT2D eigenvalue weighted by atomic mass is 9.97. The molecule has 0 unspecified atom stereocenters. The van der Waals surface area contributed by atoms with Gasteiger partial charge in [-0.1, -0.05) is 18.2 Å². The Morgan fingerprint density at radius 1 is 0.694 bits per heavy atom. The monoisotopic (exact) mass is 511 g/mol. The maximum Gasteiger partial charge on any atom is 0.192 e. The smallest absolute Gasteiger partial charge is 0.192 e. The molecule has 0 atom stereocenters. The number of halogens is 2. The summed E-state index contributed by atoms with van der Waals surface area (Å²) < 4.78 is 29.7. The summed E-state index contributed by atoms with van der Waals surface area (Å²) >= 11 is 1.70. The number of hydrogen-bond donors (Lipinski definition) is 0. The predicted octanol–water partition coefficient (Wildman–Crippen LogP) is 8.89. The van der Waals surface area contributed by atoms with Gasteiger partial charge in [-0.25, -0.2) is 8.78 Å². The molecule has 0 spiro atoms. The summed E-state index contributed by atoms with van der Waals surface area (Å²) in [5.41, 5.74) is 1.43. The fraction of sp³-hybridized carbons (Fsp3) is 0.0645. The summed E-state index contributed by atoms with van der Waals surface area (Å²) in [6, 6.07) is 25.3. The fourth-order valence-corrected chi connectivity index (χ4v) is 7.66. The van der Waals surface area contributed by atoms with E-state index in [4.69, 9.17) is 0 Å². The highest BCUT2D eigenvalue weighted by atomic mass is 32.2. The van der Waals surface area contributed by atoms with Crippen LogP contribution in [-0.4, -0.2) is 5.78 Å². The lowest BCUT2D eigenvalue weighted by Gasteiger charge is -2.09. The van der Waals surface area contributed by atoms with Crippen molar-refractivity contribution >= 4 is 48.2 Å². The van der Waals surface area contributed by atoms with Gasteiger partial charge in [0.25, 0.3) is 0 Å². The number of ketones is 1. The van der Waals surface area contributed by atoms with Gasteiger partial charge in [0.1, 0.15) is 11.6 Å². The molecule has 5 aromatic rings. The summed E-state index contributed by atoms with van der Waals surface area (Å²) in [6.07, 6.45) is 7.83. The van der Waals surface area contributed by atoms with Crippen molar-refractivity contribution in [2.24, 2.45) is 0 Å². The molecule has 1 aromatic heterocycles. The first-order chi connectivity index (χ1) is 17.6. The maximum atomic E-state index is 13.7. The second-order valence-electron chi connectivity index (χ2n) is 8.65. The van der Waals surface area contributed by atoms with Gasteiger partial charge >= 0.3 is 0 Å². The molecular weight excluding hydrogens is 490 g/mol. The maximum absolute atomic E-state index is 13.7. The van der Waals surface area contributed by atoms with Gasteiger partial charge in [0.05, 0.1) is 10.9 Å². The Morgan fingerprint density at radius 2 is 1.28 bits per heavy atom. The number of allylic oxidation sites excluding steroid dienone is 4. The minimum absolute atomic E-state index is 0.0423. The van der Waals surface area contributed by atoms with Crippen LogP contribution in [0.5, 0.6) is 0 Å².